The van der Waals surface area contributed by atoms with Gasteiger partial charge in [-0.2, -0.15) is 0 Å². The number of ether oxygens (including phenoxy) is 1. The molecule has 1 atom stereocenters. The molecule has 1 aromatic rings. The van der Waals surface area contributed by atoms with Crippen molar-refractivity contribution in [3.8, 4) is 5.75 Å². The lowest BCUT2D eigenvalue weighted by atomic mass is 10.1. The highest BCUT2D eigenvalue weighted by atomic mass is 16.5. The highest BCUT2D eigenvalue weighted by Gasteiger charge is 2.19. The highest BCUT2D eigenvalue weighted by Crippen LogP contribution is 2.23. The zero-order chi connectivity index (χ0) is 9.97. The van der Waals surface area contributed by atoms with Crippen molar-refractivity contribution < 1.29 is 9.84 Å². The van der Waals surface area contributed by atoms with Crippen LogP contribution in [-0.2, 0) is 4.74 Å². The van der Waals surface area contributed by atoms with E-state index in [9.17, 15) is 5.11 Å². The van der Waals surface area contributed by atoms with E-state index in [2.05, 4.69) is 11.9 Å². The van der Waals surface area contributed by atoms with Crippen molar-refractivity contribution in [3.63, 3.8) is 0 Å². The molecular weight excluding hydrogens is 178 g/mol. The maximum absolute atomic E-state index is 9.34. The predicted octanol–water partition coefficient (Wildman–Crippen LogP) is 1.40. The fourth-order valence-corrected chi connectivity index (χ4v) is 1.70. The van der Waals surface area contributed by atoms with Gasteiger partial charge in [0.25, 0.3) is 0 Å². The number of rotatable bonds is 1. The Kier molecular flexibility index (Phi) is 2.70. The molecule has 14 heavy (non-hydrogen) atoms. The Labute approximate surface area is 83.9 Å². The Morgan fingerprint density at radius 3 is 3.07 bits per heavy atom. The van der Waals surface area contributed by atoms with E-state index in [1.807, 2.05) is 12.1 Å². The molecule has 1 fully saturated rings. The lowest BCUT2D eigenvalue weighted by Gasteiger charge is -2.30. The summed E-state index contributed by atoms with van der Waals surface area (Å²) in [6.07, 6.45) is 0.0980. The lowest BCUT2D eigenvalue weighted by molar-refractivity contribution is -0.0209. The zero-order valence-electron chi connectivity index (χ0n) is 8.31. The topological polar surface area (TPSA) is 32.7 Å². The molecule has 0 aliphatic carbocycles. The minimum Gasteiger partial charge on any atom is -0.508 e. The summed E-state index contributed by atoms with van der Waals surface area (Å²) in [7, 11) is 2.08. The molecule has 3 nitrogen and oxygen atoms in total. The van der Waals surface area contributed by atoms with Crippen molar-refractivity contribution in [1.82, 2.24) is 4.90 Å². The number of phenols is 1. The van der Waals surface area contributed by atoms with Crippen LogP contribution >= 0.6 is 0 Å². The monoisotopic (exact) mass is 193 g/mol. The standard InChI is InChI=1S/C11H15NO2/c1-12-5-6-14-11(8-12)9-3-2-4-10(13)7-9/h2-4,7,11,13H,5-6,8H2,1H3. The van der Waals surface area contributed by atoms with E-state index in [4.69, 9.17) is 4.74 Å². The molecule has 1 aliphatic rings. The van der Waals surface area contributed by atoms with Crippen molar-refractivity contribution in [1.29, 1.82) is 0 Å². The van der Waals surface area contributed by atoms with Crippen molar-refractivity contribution >= 4 is 0 Å². The van der Waals surface area contributed by atoms with Gasteiger partial charge in [0.05, 0.1) is 12.7 Å². The molecule has 1 N–H and O–H groups in total. The SMILES string of the molecule is CN1CCOC(c2cccc(O)c2)C1. The number of benzene rings is 1. The van der Waals surface area contributed by atoms with Crippen molar-refractivity contribution in [2.24, 2.45) is 0 Å². The Morgan fingerprint density at radius 1 is 1.50 bits per heavy atom. The second kappa shape index (κ2) is 3.98. The van der Waals surface area contributed by atoms with Crippen molar-refractivity contribution in [2.75, 3.05) is 26.7 Å². The van der Waals surface area contributed by atoms with Crippen LogP contribution in [0.25, 0.3) is 0 Å². The molecule has 0 spiro atoms. The number of hydrogen-bond acceptors (Lipinski definition) is 3. The number of aromatic hydroxyl groups is 1. The molecule has 1 heterocycles. The normalized spacial score (nSPS) is 23.6. The van der Waals surface area contributed by atoms with Crippen molar-refractivity contribution in [3.05, 3.63) is 29.8 Å². The Bertz CT molecular complexity index is 314. The molecule has 76 valence electrons. The van der Waals surface area contributed by atoms with Gasteiger partial charge in [0.2, 0.25) is 0 Å². The van der Waals surface area contributed by atoms with Crippen LogP contribution in [0.1, 0.15) is 11.7 Å². The average molecular weight is 193 g/mol. The largest absolute Gasteiger partial charge is 0.508 e. The van der Waals surface area contributed by atoms with Gasteiger partial charge in [0, 0.05) is 13.1 Å². The van der Waals surface area contributed by atoms with Crippen LogP contribution in [0.15, 0.2) is 24.3 Å². The summed E-state index contributed by atoms with van der Waals surface area (Å²) in [4.78, 5) is 2.23. The molecule has 2 rings (SSSR count). The smallest absolute Gasteiger partial charge is 0.115 e. The van der Waals surface area contributed by atoms with Crippen LogP contribution in [0.4, 0.5) is 0 Å². The summed E-state index contributed by atoms with van der Waals surface area (Å²) in [6, 6.07) is 7.28. The van der Waals surface area contributed by atoms with E-state index in [1.165, 1.54) is 0 Å². The molecule has 0 radical (unpaired) electrons. The Morgan fingerprint density at radius 2 is 2.36 bits per heavy atom. The van der Waals surface area contributed by atoms with Gasteiger partial charge in [-0.3, -0.25) is 0 Å². The number of hydrogen-bond donors (Lipinski definition) is 1. The second-order valence-electron chi connectivity index (χ2n) is 3.72. The average Bonchev–Trinajstić information content (AvgIpc) is 2.18. The van der Waals surface area contributed by atoms with Crippen LogP contribution in [0, 0.1) is 0 Å². The number of nitrogens with zero attached hydrogens (tertiary/aromatic N) is 1. The molecule has 1 aromatic carbocycles. The molecular formula is C11H15NO2. The van der Waals surface area contributed by atoms with Gasteiger partial charge in [-0.1, -0.05) is 12.1 Å². The maximum atomic E-state index is 9.34. The molecule has 3 heteroatoms. The van der Waals surface area contributed by atoms with Crippen LogP contribution < -0.4 is 0 Å². The first-order valence-corrected chi connectivity index (χ1v) is 4.85. The van der Waals surface area contributed by atoms with Gasteiger partial charge in [-0.15, -0.1) is 0 Å². The molecule has 0 amide bonds. The maximum Gasteiger partial charge on any atom is 0.115 e. The quantitative estimate of drug-likeness (QED) is 0.731. The Balaban J connectivity index is 2.14. The second-order valence-corrected chi connectivity index (χ2v) is 3.72. The minimum absolute atomic E-state index is 0.0980. The predicted molar refractivity (Wildman–Crippen MR) is 54.3 cm³/mol. The summed E-state index contributed by atoms with van der Waals surface area (Å²) in [5.41, 5.74) is 1.05. The third-order valence-electron chi connectivity index (χ3n) is 2.51. The lowest BCUT2D eigenvalue weighted by Crippen LogP contribution is -2.35. The summed E-state index contributed by atoms with van der Waals surface area (Å²) in [5.74, 6) is 0.305. The van der Waals surface area contributed by atoms with Crippen LogP contribution in [-0.4, -0.2) is 36.8 Å². The third-order valence-corrected chi connectivity index (χ3v) is 2.51. The van der Waals surface area contributed by atoms with Gasteiger partial charge < -0.3 is 14.7 Å². The summed E-state index contributed by atoms with van der Waals surface area (Å²) < 4.78 is 5.64. The third kappa shape index (κ3) is 2.05. The zero-order valence-corrected chi connectivity index (χ0v) is 8.31. The van der Waals surface area contributed by atoms with E-state index in [0.29, 0.717) is 5.75 Å². The van der Waals surface area contributed by atoms with Gasteiger partial charge in [0.15, 0.2) is 0 Å². The van der Waals surface area contributed by atoms with Crippen molar-refractivity contribution in [2.45, 2.75) is 6.10 Å². The molecule has 0 aromatic heterocycles. The number of phenolic OH excluding ortho intramolecular Hbond substituents is 1. The molecule has 1 unspecified atom stereocenters. The summed E-state index contributed by atoms with van der Waals surface area (Å²) >= 11 is 0. The van der Waals surface area contributed by atoms with Crippen LogP contribution in [0.3, 0.4) is 0 Å². The van der Waals surface area contributed by atoms with Gasteiger partial charge in [-0.05, 0) is 24.7 Å². The molecule has 1 saturated heterocycles. The van der Waals surface area contributed by atoms with Crippen LogP contribution in [0.2, 0.25) is 0 Å². The summed E-state index contributed by atoms with van der Waals surface area (Å²) in [5, 5.41) is 9.34. The first-order valence-electron chi connectivity index (χ1n) is 4.85. The van der Waals surface area contributed by atoms with Crippen LogP contribution in [0.5, 0.6) is 5.75 Å². The Hall–Kier alpha value is -1.06. The van der Waals surface area contributed by atoms with E-state index in [0.717, 1.165) is 25.3 Å². The van der Waals surface area contributed by atoms with Gasteiger partial charge >= 0.3 is 0 Å². The molecule has 1 aliphatic heterocycles. The molecule has 0 bridgehead atoms. The molecule has 0 saturated carbocycles. The van der Waals surface area contributed by atoms with E-state index < -0.39 is 0 Å². The highest BCUT2D eigenvalue weighted by molar-refractivity contribution is 5.29. The van der Waals surface area contributed by atoms with E-state index in [1.54, 1.807) is 12.1 Å². The fraction of sp³-hybridized carbons (Fsp3) is 0.455. The fourth-order valence-electron chi connectivity index (χ4n) is 1.70. The van der Waals surface area contributed by atoms with E-state index >= 15 is 0 Å². The first kappa shape index (κ1) is 9.49. The van der Waals surface area contributed by atoms with E-state index in [-0.39, 0.29) is 6.10 Å². The number of likely N-dealkylation sites (N-methyl/N-ethyl adjacent to an activating group) is 1. The van der Waals surface area contributed by atoms with Gasteiger partial charge in [0.1, 0.15) is 5.75 Å². The first-order chi connectivity index (χ1) is 6.75. The minimum atomic E-state index is 0.0980. The summed E-state index contributed by atoms with van der Waals surface area (Å²) in [6.45, 7) is 2.63. The van der Waals surface area contributed by atoms with Gasteiger partial charge in [-0.25, -0.2) is 0 Å². The number of morpholine rings is 1.